The quantitative estimate of drug-likeness (QED) is 0.521. The third-order valence-electron chi connectivity index (χ3n) is 5.48. The Morgan fingerprint density at radius 1 is 1.21 bits per heavy atom. The number of amides is 1. The summed E-state index contributed by atoms with van der Waals surface area (Å²) in [6.07, 6.45) is 1.79. The third kappa shape index (κ3) is 5.62. The monoisotopic (exact) mass is 401 g/mol. The van der Waals surface area contributed by atoms with Crippen molar-refractivity contribution < 1.29 is 18.7 Å². The Balaban J connectivity index is 2.42. The SMILES string of the molecule is CCC(C)C(=O)c1oc2ccc(OC)cc2c1CC(=O)N(CC)CCC(C)(C)C. The molecule has 5 nitrogen and oxygen atoms in total. The van der Waals surface area contributed by atoms with Gasteiger partial charge in [0.25, 0.3) is 0 Å². The first-order valence-electron chi connectivity index (χ1n) is 10.5. The van der Waals surface area contributed by atoms with Crippen molar-refractivity contribution in [2.24, 2.45) is 11.3 Å². The highest BCUT2D eigenvalue weighted by Crippen LogP contribution is 2.32. The molecule has 1 heterocycles. The molecule has 1 amide bonds. The van der Waals surface area contributed by atoms with Crippen molar-refractivity contribution in [3.63, 3.8) is 0 Å². The van der Waals surface area contributed by atoms with E-state index in [2.05, 4.69) is 20.8 Å². The van der Waals surface area contributed by atoms with E-state index >= 15 is 0 Å². The van der Waals surface area contributed by atoms with Gasteiger partial charge in [0.05, 0.1) is 13.5 Å². The number of furan rings is 1. The molecular formula is C24H35NO4. The molecule has 0 bridgehead atoms. The number of fused-ring (bicyclic) bond motifs is 1. The number of likely N-dealkylation sites (N-methyl/N-ethyl adjacent to an activating group) is 1. The predicted molar refractivity (Wildman–Crippen MR) is 117 cm³/mol. The van der Waals surface area contributed by atoms with E-state index in [0.717, 1.165) is 18.2 Å². The van der Waals surface area contributed by atoms with Crippen LogP contribution in [0.1, 0.15) is 70.5 Å². The molecule has 1 aromatic carbocycles. The van der Waals surface area contributed by atoms with Gasteiger partial charge in [-0.1, -0.05) is 34.6 Å². The Labute approximate surface area is 174 Å². The van der Waals surface area contributed by atoms with Gasteiger partial charge >= 0.3 is 0 Å². The van der Waals surface area contributed by atoms with E-state index in [1.165, 1.54) is 0 Å². The summed E-state index contributed by atoms with van der Waals surface area (Å²) in [5.74, 6) is 0.788. The first-order valence-corrected chi connectivity index (χ1v) is 10.5. The lowest BCUT2D eigenvalue weighted by Gasteiger charge is -2.26. The van der Waals surface area contributed by atoms with Crippen LogP contribution in [0.15, 0.2) is 22.6 Å². The van der Waals surface area contributed by atoms with Gasteiger partial charge in [-0.05, 0) is 43.4 Å². The fourth-order valence-corrected chi connectivity index (χ4v) is 3.23. The van der Waals surface area contributed by atoms with Crippen LogP contribution in [-0.2, 0) is 11.2 Å². The number of carbonyl (C=O) groups excluding carboxylic acids is 2. The number of hydrogen-bond donors (Lipinski definition) is 0. The molecule has 1 unspecified atom stereocenters. The Kier molecular flexibility index (Phi) is 7.50. The number of ketones is 1. The molecule has 0 fully saturated rings. The standard InChI is InChI=1S/C24H35NO4/c1-8-16(3)22(27)23-19(18-14-17(28-7)10-11-20(18)29-23)15-21(26)25(9-2)13-12-24(4,5)6/h10-11,14,16H,8-9,12-13,15H2,1-7H3. The van der Waals surface area contributed by atoms with Gasteiger partial charge in [0, 0.05) is 30.0 Å². The van der Waals surface area contributed by atoms with Crippen LogP contribution in [0.2, 0.25) is 0 Å². The lowest BCUT2D eigenvalue weighted by molar-refractivity contribution is -0.130. The van der Waals surface area contributed by atoms with Crippen molar-refractivity contribution in [3.8, 4) is 5.75 Å². The molecule has 0 aliphatic rings. The fourth-order valence-electron chi connectivity index (χ4n) is 3.23. The summed E-state index contributed by atoms with van der Waals surface area (Å²) in [5.41, 5.74) is 1.43. The van der Waals surface area contributed by atoms with Gasteiger partial charge < -0.3 is 14.1 Å². The van der Waals surface area contributed by atoms with Crippen LogP contribution in [-0.4, -0.2) is 36.8 Å². The first-order chi connectivity index (χ1) is 13.6. The van der Waals surface area contributed by atoms with E-state index in [-0.39, 0.29) is 29.4 Å². The van der Waals surface area contributed by atoms with Crippen molar-refractivity contribution in [3.05, 3.63) is 29.5 Å². The highest BCUT2D eigenvalue weighted by Gasteiger charge is 2.27. The summed E-state index contributed by atoms with van der Waals surface area (Å²) in [4.78, 5) is 27.9. The summed E-state index contributed by atoms with van der Waals surface area (Å²) >= 11 is 0. The van der Waals surface area contributed by atoms with Crippen LogP contribution in [0, 0.1) is 11.3 Å². The minimum Gasteiger partial charge on any atom is -0.497 e. The molecule has 0 saturated carbocycles. The van der Waals surface area contributed by atoms with Crippen LogP contribution in [0.5, 0.6) is 5.75 Å². The smallest absolute Gasteiger partial charge is 0.227 e. The number of rotatable bonds is 9. The number of ether oxygens (including phenoxy) is 1. The van der Waals surface area contributed by atoms with Gasteiger partial charge in [-0.15, -0.1) is 0 Å². The second-order valence-electron chi connectivity index (χ2n) is 8.91. The molecular weight excluding hydrogens is 366 g/mol. The van der Waals surface area contributed by atoms with E-state index in [4.69, 9.17) is 9.15 Å². The second-order valence-corrected chi connectivity index (χ2v) is 8.91. The van der Waals surface area contributed by atoms with Crippen LogP contribution >= 0.6 is 0 Å². The maximum absolute atomic E-state index is 13.1. The summed E-state index contributed by atoms with van der Waals surface area (Å²) < 4.78 is 11.3. The maximum Gasteiger partial charge on any atom is 0.227 e. The molecule has 0 spiro atoms. The molecule has 2 rings (SSSR count). The summed E-state index contributed by atoms with van der Waals surface area (Å²) in [5, 5.41) is 0.774. The van der Waals surface area contributed by atoms with Crippen molar-refractivity contribution >= 4 is 22.7 Å². The molecule has 160 valence electrons. The average Bonchev–Trinajstić information content (AvgIpc) is 3.03. The largest absolute Gasteiger partial charge is 0.497 e. The van der Waals surface area contributed by atoms with Crippen LogP contribution in [0.25, 0.3) is 11.0 Å². The number of benzene rings is 1. The summed E-state index contributed by atoms with van der Waals surface area (Å²) in [6.45, 7) is 13.7. The Morgan fingerprint density at radius 2 is 1.90 bits per heavy atom. The maximum atomic E-state index is 13.1. The van der Waals surface area contributed by atoms with Gasteiger partial charge in [0.2, 0.25) is 11.7 Å². The van der Waals surface area contributed by atoms with Crippen molar-refractivity contribution in [2.45, 2.75) is 60.8 Å². The fraction of sp³-hybridized carbons (Fsp3) is 0.583. The molecule has 0 saturated heterocycles. The van der Waals surface area contributed by atoms with E-state index in [1.807, 2.05) is 31.7 Å². The normalized spacial score (nSPS) is 12.8. The Morgan fingerprint density at radius 3 is 2.45 bits per heavy atom. The molecule has 2 aromatic rings. The zero-order valence-electron chi connectivity index (χ0n) is 18.9. The zero-order valence-corrected chi connectivity index (χ0v) is 18.9. The molecule has 29 heavy (non-hydrogen) atoms. The van der Waals surface area contributed by atoms with Crippen molar-refractivity contribution in [1.29, 1.82) is 0 Å². The molecule has 1 atom stereocenters. The molecule has 0 N–H and O–H groups in total. The minimum absolute atomic E-state index is 0.0143. The zero-order chi connectivity index (χ0) is 21.8. The number of hydrogen-bond acceptors (Lipinski definition) is 4. The Bertz CT molecular complexity index is 860. The van der Waals surface area contributed by atoms with Crippen LogP contribution in [0.3, 0.4) is 0 Å². The predicted octanol–water partition coefficient (Wildman–Crippen LogP) is 5.50. The summed E-state index contributed by atoms with van der Waals surface area (Å²) in [6, 6.07) is 5.45. The van der Waals surface area contributed by atoms with E-state index < -0.39 is 0 Å². The second kappa shape index (κ2) is 9.47. The molecule has 1 aromatic heterocycles. The van der Waals surface area contributed by atoms with E-state index in [0.29, 0.717) is 35.7 Å². The molecule has 0 aliphatic heterocycles. The van der Waals surface area contributed by atoms with Gasteiger partial charge in [-0.2, -0.15) is 0 Å². The highest BCUT2D eigenvalue weighted by atomic mass is 16.5. The van der Waals surface area contributed by atoms with Gasteiger partial charge in [-0.25, -0.2) is 0 Å². The van der Waals surface area contributed by atoms with Crippen LogP contribution < -0.4 is 4.74 Å². The van der Waals surface area contributed by atoms with Crippen molar-refractivity contribution in [2.75, 3.05) is 20.2 Å². The van der Waals surface area contributed by atoms with Gasteiger partial charge in [-0.3, -0.25) is 9.59 Å². The first kappa shape index (κ1) is 23.0. The third-order valence-corrected chi connectivity index (χ3v) is 5.48. The highest BCUT2D eigenvalue weighted by molar-refractivity contribution is 6.03. The number of carbonyl (C=O) groups is 2. The van der Waals surface area contributed by atoms with E-state index in [1.54, 1.807) is 19.2 Å². The lowest BCUT2D eigenvalue weighted by Crippen LogP contribution is -2.35. The number of Topliss-reactive ketones (excluding diaryl/α,β-unsaturated/α-hetero) is 1. The van der Waals surface area contributed by atoms with Crippen LogP contribution in [0.4, 0.5) is 0 Å². The molecule has 0 aliphatic carbocycles. The topological polar surface area (TPSA) is 59.8 Å². The lowest BCUT2D eigenvalue weighted by atomic mass is 9.92. The van der Waals surface area contributed by atoms with E-state index in [9.17, 15) is 9.59 Å². The average molecular weight is 402 g/mol. The van der Waals surface area contributed by atoms with Gasteiger partial charge in [0.15, 0.2) is 5.76 Å². The Hall–Kier alpha value is -2.30. The number of nitrogens with zero attached hydrogens (tertiary/aromatic N) is 1. The summed E-state index contributed by atoms with van der Waals surface area (Å²) in [7, 11) is 1.60. The molecule has 5 heteroatoms. The molecule has 0 radical (unpaired) electrons. The van der Waals surface area contributed by atoms with Gasteiger partial charge in [0.1, 0.15) is 11.3 Å². The minimum atomic E-state index is -0.158. The van der Waals surface area contributed by atoms with Crippen molar-refractivity contribution in [1.82, 2.24) is 4.90 Å². The number of methoxy groups -OCH3 is 1.